The predicted octanol–water partition coefficient (Wildman–Crippen LogP) is 5.15. The third-order valence-electron chi connectivity index (χ3n) is 4.32. The summed E-state index contributed by atoms with van der Waals surface area (Å²) in [5, 5.41) is 17.8. The number of non-ortho nitro benzene ring substituents is 1. The van der Waals surface area contributed by atoms with Crippen molar-refractivity contribution in [1.29, 1.82) is 0 Å². The molecule has 1 heterocycles. The fourth-order valence-electron chi connectivity index (χ4n) is 2.80. The molecule has 0 bridgehead atoms. The molecule has 0 fully saturated rings. The standard InChI is InChI=1S/C21H19N3O4S2/c1-13-8-9-15(24(26)27)11-18(13)22-21(29)23-19-17(20(25)28-2)12-16(30-19)10-14-6-4-3-5-7-14/h3-9,11-12H,10H2,1-2H3,(H2,22,23,29). The lowest BCUT2D eigenvalue weighted by molar-refractivity contribution is -0.384. The lowest BCUT2D eigenvalue weighted by Gasteiger charge is -2.12. The number of thiophene rings is 1. The molecular formula is C21H19N3O4S2. The smallest absolute Gasteiger partial charge is 0.340 e. The van der Waals surface area contributed by atoms with E-state index in [0.29, 0.717) is 22.7 Å². The van der Waals surface area contributed by atoms with E-state index in [0.717, 1.165) is 16.0 Å². The number of benzene rings is 2. The molecule has 0 radical (unpaired) electrons. The van der Waals surface area contributed by atoms with E-state index in [2.05, 4.69) is 10.6 Å². The molecule has 0 saturated carbocycles. The Morgan fingerprint density at radius 3 is 2.57 bits per heavy atom. The minimum Gasteiger partial charge on any atom is -0.465 e. The van der Waals surface area contributed by atoms with Gasteiger partial charge in [0.2, 0.25) is 0 Å². The van der Waals surface area contributed by atoms with Crippen LogP contribution in [0.15, 0.2) is 54.6 Å². The molecular weight excluding hydrogens is 422 g/mol. The Labute approximate surface area is 182 Å². The molecule has 0 atom stereocenters. The third-order valence-corrected chi connectivity index (χ3v) is 5.57. The van der Waals surface area contributed by atoms with Crippen LogP contribution in [-0.4, -0.2) is 23.1 Å². The van der Waals surface area contributed by atoms with Gasteiger partial charge < -0.3 is 15.4 Å². The average molecular weight is 442 g/mol. The number of aryl methyl sites for hydroxylation is 1. The van der Waals surface area contributed by atoms with Crippen LogP contribution in [0.3, 0.4) is 0 Å². The molecule has 0 amide bonds. The van der Waals surface area contributed by atoms with Crippen molar-refractivity contribution in [3.8, 4) is 0 Å². The number of nitro groups is 1. The Kier molecular flexibility index (Phi) is 6.76. The Morgan fingerprint density at radius 2 is 1.90 bits per heavy atom. The number of nitrogens with zero attached hydrogens (tertiary/aromatic N) is 1. The van der Waals surface area contributed by atoms with Crippen LogP contribution in [0.4, 0.5) is 16.4 Å². The number of thiocarbonyl (C=S) groups is 1. The van der Waals surface area contributed by atoms with Gasteiger partial charge in [-0.05, 0) is 36.3 Å². The SMILES string of the molecule is COC(=O)c1cc(Cc2ccccc2)sc1NC(=S)Nc1cc([N+](=O)[O-])ccc1C. The molecule has 1 aromatic heterocycles. The maximum atomic E-state index is 12.2. The number of anilines is 2. The number of nitro benzene ring substituents is 1. The van der Waals surface area contributed by atoms with E-state index in [1.54, 1.807) is 12.1 Å². The molecule has 0 aliphatic carbocycles. The molecule has 154 valence electrons. The van der Waals surface area contributed by atoms with Crippen molar-refractivity contribution < 1.29 is 14.5 Å². The molecule has 30 heavy (non-hydrogen) atoms. The summed E-state index contributed by atoms with van der Waals surface area (Å²) in [6, 6.07) is 16.2. The van der Waals surface area contributed by atoms with E-state index in [9.17, 15) is 14.9 Å². The van der Waals surface area contributed by atoms with Crippen molar-refractivity contribution >= 4 is 51.0 Å². The topological polar surface area (TPSA) is 93.5 Å². The summed E-state index contributed by atoms with van der Waals surface area (Å²) in [4.78, 5) is 23.7. The van der Waals surface area contributed by atoms with E-state index in [-0.39, 0.29) is 10.8 Å². The second kappa shape index (κ2) is 9.47. The van der Waals surface area contributed by atoms with Crippen molar-refractivity contribution in [3.63, 3.8) is 0 Å². The number of esters is 1. The monoisotopic (exact) mass is 441 g/mol. The number of carbonyl (C=O) groups excluding carboxylic acids is 1. The summed E-state index contributed by atoms with van der Waals surface area (Å²) in [5.74, 6) is -0.470. The Hall–Kier alpha value is -3.30. The molecule has 3 aromatic rings. The van der Waals surface area contributed by atoms with Gasteiger partial charge in [-0.1, -0.05) is 36.4 Å². The van der Waals surface area contributed by atoms with Gasteiger partial charge >= 0.3 is 5.97 Å². The largest absolute Gasteiger partial charge is 0.465 e. The van der Waals surface area contributed by atoms with Gasteiger partial charge in [-0.15, -0.1) is 11.3 Å². The number of nitrogens with one attached hydrogen (secondary N) is 2. The van der Waals surface area contributed by atoms with Crippen LogP contribution in [0.2, 0.25) is 0 Å². The van der Waals surface area contributed by atoms with Crippen LogP contribution in [-0.2, 0) is 11.2 Å². The molecule has 0 unspecified atom stereocenters. The van der Waals surface area contributed by atoms with Gasteiger partial charge in [0.05, 0.1) is 17.6 Å². The summed E-state index contributed by atoms with van der Waals surface area (Å²) < 4.78 is 4.89. The molecule has 3 rings (SSSR count). The molecule has 0 saturated heterocycles. The Balaban J connectivity index is 1.81. The quantitative estimate of drug-likeness (QED) is 0.236. The van der Waals surface area contributed by atoms with Crippen LogP contribution in [0.1, 0.15) is 26.4 Å². The fraction of sp³-hybridized carbons (Fsp3) is 0.143. The predicted molar refractivity (Wildman–Crippen MR) is 123 cm³/mol. The third kappa shape index (κ3) is 5.19. The number of methoxy groups -OCH3 is 1. The first-order chi connectivity index (χ1) is 14.4. The van der Waals surface area contributed by atoms with E-state index in [1.807, 2.05) is 37.3 Å². The number of ether oxygens (including phenoxy) is 1. The van der Waals surface area contributed by atoms with Crippen LogP contribution < -0.4 is 10.6 Å². The van der Waals surface area contributed by atoms with Crippen molar-refractivity contribution in [2.75, 3.05) is 17.7 Å². The Morgan fingerprint density at radius 1 is 1.17 bits per heavy atom. The number of carbonyl (C=O) groups is 1. The van der Waals surface area contributed by atoms with Crippen molar-refractivity contribution in [1.82, 2.24) is 0 Å². The summed E-state index contributed by atoms with van der Waals surface area (Å²) in [5.41, 5.74) is 2.78. The van der Waals surface area contributed by atoms with E-state index in [4.69, 9.17) is 17.0 Å². The number of hydrogen-bond acceptors (Lipinski definition) is 6. The average Bonchev–Trinajstić information content (AvgIpc) is 3.11. The van der Waals surface area contributed by atoms with E-state index < -0.39 is 10.9 Å². The number of rotatable bonds is 6. The van der Waals surface area contributed by atoms with Gasteiger partial charge in [-0.3, -0.25) is 10.1 Å². The van der Waals surface area contributed by atoms with Crippen LogP contribution in [0.5, 0.6) is 0 Å². The van der Waals surface area contributed by atoms with E-state index in [1.165, 1.54) is 30.6 Å². The minimum absolute atomic E-state index is 0.0394. The van der Waals surface area contributed by atoms with Gasteiger partial charge in [0.25, 0.3) is 5.69 Å². The highest BCUT2D eigenvalue weighted by Crippen LogP contribution is 2.31. The molecule has 0 spiro atoms. The Bertz CT molecular complexity index is 1100. The summed E-state index contributed by atoms with van der Waals surface area (Å²) >= 11 is 6.77. The van der Waals surface area contributed by atoms with Crippen LogP contribution >= 0.6 is 23.6 Å². The lowest BCUT2D eigenvalue weighted by atomic mass is 10.1. The van der Waals surface area contributed by atoms with Crippen molar-refractivity contribution in [3.05, 3.63) is 86.3 Å². The van der Waals surface area contributed by atoms with E-state index >= 15 is 0 Å². The first-order valence-corrected chi connectivity index (χ1v) is 10.2. The fourth-order valence-corrected chi connectivity index (χ4v) is 4.16. The van der Waals surface area contributed by atoms with Crippen LogP contribution in [0, 0.1) is 17.0 Å². The highest BCUT2D eigenvalue weighted by atomic mass is 32.1. The molecule has 0 aliphatic rings. The van der Waals surface area contributed by atoms with Gasteiger partial charge in [-0.25, -0.2) is 4.79 Å². The second-order valence-electron chi connectivity index (χ2n) is 6.44. The highest BCUT2D eigenvalue weighted by molar-refractivity contribution is 7.80. The maximum Gasteiger partial charge on any atom is 0.340 e. The van der Waals surface area contributed by atoms with Gasteiger partial charge in [0.1, 0.15) is 5.00 Å². The van der Waals surface area contributed by atoms with Gasteiger partial charge in [-0.2, -0.15) is 0 Å². The summed E-state index contributed by atoms with van der Waals surface area (Å²) in [7, 11) is 1.32. The van der Waals surface area contributed by atoms with Crippen molar-refractivity contribution in [2.45, 2.75) is 13.3 Å². The minimum atomic E-state index is -0.470. The summed E-state index contributed by atoms with van der Waals surface area (Å²) in [6.45, 7) is 1.82. The molecule has 2 N–H and O–H groups in total. The first-order valence-electron chi connectivity index (χ1n) is 8.95. The maximum absolute atomic E-state index is 12.2. The van der Waals surface area contributed by atoms with Crippen molar-refractivity contribution in [2.24, 2.45) is 0 Å². The normalized spacial score (nSPS) is 10.3. The zero-order chi connectivity index (χ0) is 21.7. The lowest BCUT2D eigenvalue weighted by Crippen LogP contribution is -2.20. The van der Waals surface area contributed by atoms with Gasteiger partial charge in [0, 0.05) is 29.1 Å². The molecule has 7 nitrogen and oxygen atoms in total. The second-order valence-corrected chi connectivity index (χ2v) is 7.99. The first kappa shape index (κ1) is 21.4. The highest BCUT2D eigenvalue weighted by Gasteiger charge is 2.18. The molecule has 2 aromatic carbocycles. The zero-order valence-electron chi connectivity index (χ0n) is 16.3. The number of hydrogen-bond donors (Lipinski definition) is 2. The van der Waals surface area contributed by atoms with Crippen LogP contribution in [0.25, 0.3) is 0 Å². The van der Waals surface area contributed by atoms with Gasteiger partial charge in [0.15, 0.2) is 5.11 Å². The molecule has 0 aliphatic heterocycles. The summed E-state index contributed by atoms with van der Waals surface area (Å²) in [6.07, 6.45) is 0.668. The molecule has 9 heteroatoms. The zero-order valence-corrected chi connectivity index (χ0v) is 17.9.